The van der Waals surface area contributed by atoms with Gasteiger partial charge in [0.2, 0.25) is 0 Å². The zero-order chi connectivity index (χ0) is 14.4. The Balaban J connectivity index is 2.04. The van der Waals surface area contributed by atoms with E-state index >= 15 is 0 Å². The van der Waals surface area contributed by atoms with E-state index in [4.69, 9.17) is 15.6 Å². The van der Waals surface area contributed by atoms with Crippen molar-refractivity contribution in [2.24, 2.45) is 0 Å². The van der Waals surface area contributed by atoms with Crippen molar-refractivity contribution in [3.05, 3.63) is 52.4 Å². The van der Waals surface area contributed by atoms with Gasteiger partial charge in [0.25, 0.3) is 0 Å². The summed E-state index contributed by atoms with van der Waals surface area (Å²) in [5.41, 5.74) is 1.05. The summed E-state index contributed by atoms with van der Waals surface area (Å²) in [5, 5.41) is 3.40. The van der Waals surface area contributed by atoms with Crippen molar-refractivity contribution >= 4 is 15.9 Å². The van der Waals surface area contributed by atoms with Crippen molar-refractivity contribution in [1.82, 2.24) is 5.32 Å². The van der Waals surface area contributed by atoms with Crippen molar-refractivity contribution in [2.45, 2.75) is 19.5 Å². The standard InChI is InChI=1S/C16H16BrNO2/c1-3-8-19-16-7-6-14(17)10-13(16)11-18-12(2)15-5-4-9-20-15/h1,4-7,9-10,12,18H,8,11H2,2H3. The lowest BCUT2D eigenvalue weighted by Crippen LogP contribution is -2.18. The first-order valence-electron chi connectivity index (χ1n) is 6.32. The van der Waals surface area contributed by atoms with Crippen molar-refractivity contribution in [2.75, 3.05) is 6.61 Å². The molecular formula is C16H16BrNO2. The largest absolute Gasteiger partial charge is 0.481 e. The Hall–Kier alpha value is -1.70. The van der Waals surface area contributed by atoms with Crippen LogP contribution in [0.2, 0.25) is 0 Å². The Labute approximate surface area is 127 Å². The minimum atomic E-state index is 0.129. The van der Waals surface area contributed by atoms with Crippen molar-refractivity contribution in [3.63, 3.8) is 0 Å². The van der Waals surface area contributed by atoms with Gasteiger partial charge in [-0.2, -0.15) is 0 Å². The Morgan fingerprint density at radius 3 is 3.00 bits per heavy atom. The van der Waals surface area contributed by atoms with E-state index in [9.17, 15) is 0 Å². The molecule has 0 saturated carbocycles. The summed E-state index contributed by atoms with van der Waals surface area (Å²) in [6.45, 7) is 2.99. The summed E-state index contributed by atoms with van der Waals surface area (Å²) in [5.74, 6) is 4.18. The van der Waals surface area contributed by atoms with E-state index < -0.39 is 0 Å². The lowest BCUT2D eigenvalue weighted by molar-refractivity contribution is 0.362. The Morgan fingerprint density at radius 1 is 1.45 bits per heavy atom. The zero-order valence-corrected chi connectivity index (χ0v) is 12.8. The summed E-state index contributed by atoms with van der Waals surface area (Å²) in [6, 6.07) is 9.83. The maximum atomic E-state index is 5.54. The van der Waals surface area contributed by atoms with Crippen LogP contribution in [-0.4, -0.2) is 6.61 Å². The van der Waals surface area contributed by atoms with Gasteiger partial charge in [-0.25, -0.2) is 0 Å². The van der Waals surface area contributed by atoms with Crippen molar-refractivity contribution in [3.8, 4) is 18.1 Å². The molecule has 0 aliphatic heterocycles. The topological polar surface area (TPSA) is 34.4 Å². The molecule has 1 heterocycles. The van der Waals surface area contributed by atoms with Crippen LogP contribution in [0, 0.1) is 12.3 Å². The number of furan rings is 1. The smallest absolute Gasteiger partial charge is 0.148 e. The van der Waals surface area contributed by atoms with Gasteiger partial charge in [-0.1, -0.05) is 21.9 Å². The fourth-order valence-corrected chi connectivity index (χ4v) is 2.26. The van der Waals surface area contributed by atoms with Gasteiger partial charge in [0, 0.05) is 16.6 Å². The van der Waals surface area contributed by atoms with Crippen LogP contribution >= 0.6 is 15.9 Å². The van der Waals surface area contributed by atoms with Crippen LogP contribution in [0.15, 0.2) is 45.5 Å². The second kappa shape index (κ2) is 7.18. The number of nitrogens with one attached hydrogen (secondary N) is 1. The molecule has 1 aromatic carbocycles. The number of ether oxygens (including phenoxy) is 1. The second-order valence-corrected chi connectivity index (χ2v) is 5.28. The number of rotatable bonds is 6. The normalized spacial score (nSPS) is 11.8. The van der Waals surface area contributed by atoms with Gasteiger partial charge >= 0.3 is 0 Å². The highest BCUT2D eigenvalue weighted by molar-refractivity contribution is 9.10. The van der Waals surface area contributed by atoms with E-state index in [1.54, 1.807) is 6.26 Å². The van der Waals surface area contributed by atoms with Gasteiger partial charge < -0.3 is 14.5 Å². The van der Waals surface area contributed by atoms with Gasteiger partial charge in [0.15, 0.2) is 0 Å². The van der Waals surface area contributed by atoms with E-state index in [0.29, 0.717) is 6.54 Å². The Bertz CT molecular complexity index is 587. The highest BCUT2D eigenvalue weighted by atomic mass is 79.9. The molecule has 0 aliphatic rings. The van der Waals surface area contributed by atoms with Crippen LogP contribution in [-0.2, 0) is 6.54 Å². The minimum absolute atomic E-state index is 0.129. The highest BCUT2D eigenvalue weighted by Gasteiger charge is 2.10. The minimum Gasteiger partial charge on any atom is -0.481 e. The number of terminal acetylenes is 1. The van der Waals surface area contributed by atoms with Gasteiger partial charge in [-0.15, -0.1) is 6.42 Å². The number of hydrogen-bond donors (Lipinski definition) is 1. The second-order valence-electron chi connectivity index (χ2n) is 4.36. The molecule has 0 aliphatic carbocycles. The molecule has 1 N–H and O–H groups in total. The molecule has 20 heavy (non-hydrogen) atoms. The first-order chi connectivity index (χ1) is 9.70. The summed E-state index contributed by atoms with van der Waals surface area (Å²) in [4.78, 5) is 0. The van der Waals surface area contributed by atoms with Crippen LogP contribution in [0.3, 0.4) is 0 Å². The Kier molecular flexibility index (Phi) is 5.28. The average Bonchev–Trinajstić information content (AvgIpc) is 2.98. The van der Waals surface area contributed by atoms with E-state index in [1.165, 1.54) is 0 Å². The third kappa shape index (κ3) is 3.89. The van der Waals surface area contributed by atoms with Crippen LogP contribution < -0.4 is 10.1 Å². The lowest BCUT2D eigenvalue weighted by Gasteiger charge is -2.14. The summed E-state index contributed by atoms with van der Waals surface area (Å²) in [7, 11) is 0. The van der Waals surface area contributed by atoms with Gasteiger partial charge in [-0.05, 0) is 37.3 Å². The Morgan fingerprint density at radius 2 is 2.30 bits per heavy atom. The molecule has 1 unspecified atom stereocenters. The fourth-order valence-electron chi connectivity index (χ4n) is 1.85. The van der Waals surface area contributed by atoms with E-state index in [0.717, 1.165) is 21.5 Å². The molecule has 0 radical (unpaired) electrons. The van der Waals surface area contributed by atoms with Crippen LogP contribution in [0.1, 0.15) is 24.3 Å². The fraction of sp³-hybridized carbons (Fsp3) is 0.250. The predicted octanol–water partition coefficient (Wildman–Crippen LogP) is 3.90. The van der Waals surface area contributed by atoms with E-state index in [1.807, 2.05) is 30.3 Å². The third-order valence-electron chi connectivity index (χ3n) is 2.90. The molecule has 104 valence electrons. The average molecular weight is 334 g/mol. The number of halogens is 1. The van der Waals surface area contributed by atoms with E-state index in [-0.39, 0.29) is 12.6 Å². The quantitative estimate of drug-likeness (QED) is 0.814. The molecule has 2 aromatic rings. The number of benzene rings is 1. The monoisotopic (exact) mass is 333 g/mol. The molecule has 0 fully saturated rings. The first-order valence-corrected chi connectivity index (χ1v) is 7.11. The highest BCUT2D eigenvalue weighted by Crippen LogP contribution is 2.24. The molecule has 0 bridgehead atoms. The first kappa shape index (κ1) is 14.7. The molecule has 4 heteroatoms. The van der Waals surface area contributed by atoms with Crippen LogP contribution in [0.25, 0.3) is 0 Å². The van der Waals surface area contributed by atoms with Crippen LogP contribution in [0.5, 0.6) is 5.75 Å². The maximum Gasteiger partial charge on any atom is 0.148 e. The molecule has 2 rings (SSSR count). The SMILES string of the molecule is C#CCOc1ccc(Br)cc1CNC(C)c1ccco1. The summed E-state index contributed by atoms with van der Waals surface area (Å²) in [6.07, 6.45) is 6.91. The van der Waals surface area contributed by atoms with Gasteiger partial charge in [0.1, 0.15) is 18.1 Å². The third-order valence-corrected chi connectivity index (χ3v) is 3.40. The van der Waals surface area contributed by atoms with Gasteiger partial charge in [0.05, 0.1) is 12.3 Å². The predicted molar refractivity (Wildman–Crippen MR) is 82.4 cm³/mol. The maximum absolute atomic E-state index is 5.54. The van der Waals surface area contributed by atoms with Crippen molar-refractivity contribution in [1.29, 1.82) is 0 Å². The molecule has 0 spiro atoms. The molecule has 0 saturated heterocycles. The lowest BCUT2D eigenvalue weighted by atomic mass is 10.1. The summed E-state index contributed by atoms with van der Waals surface area (Å²) < 4.78 is 11.9. The molecule has 3 nitrogen and oxygen atoms in total. The number of hydrogen-bond acceptors (Lipinski definition) is 3. The summed E-state index contributed by atoms with van der Waals surface area (Å²) >= 11 is 3.47. The zero-order valence-electron chi connectivity index (χ0n) is 11.2. The van der Waals surface area contributed by atoms with E-state index in [2.05, 4.69) is 34.1 Å². The van der Waals surface area contributed by atoms with Crippen molar-refractivity contribution < 1.29 is 9.15 Å². The van der Waals surface area contributed by atoms with Crippen LogP contribution in [0.4, 0.5) is 0 Å². The molecule has 1 aromatic heterocycles. The molecule has 1 atom stereocenters. The molecular weight excluding hydrogens is 318 g/mol. The molecule has 0 amide bonds. The van der Waals surface area contributed by atoms with Gasteiger partial charge in [-0.3, -0.25) is 0 Å².